The Morgan fingerprint density at radius 2 is 2.00 bits per heavy atom. The fourth-order valence-electron chi connectivity index (χ4n) is 1.16. The molecule has 2 aliphatic heterocycles. The van der Waals surface area contributed by atoms with Crippen molar-refractivity contribution in [1.82, 2.24) is 5.32 Å². The van der Waals surface area contributed by atoms with E-state index < -0.39 is 5.97 Å². The van der Waals surface area contributed by atoms with E-state index in [1.807, 2.05) is 34.7 Å². The summed E-state index contributed by atoms with van der Waals surface area (Å²) >= 11 is 3.61. The third kappa shape index (κ3) is 8.39. The van der Waals surface area contributed by atoms with Crippen LogP contribution in [-0.4, -0.2) is 16.8 Å². The smallest absolute Gasteiger partial charge is 0.352 e. The Bertz CT molecular complexity index is 465. The van der Waals surface area contributed by atoms with Crippen LogP contribution in [0.1, 0.15) is 6.42 Å². The number of hydrogen-bond acceptors (Lipinski definition) is 4. The van der Waals surface area contributed by atoms with Crippen LogP contribution in [0.2, 0.25) is 0 Å². The minimum atomic E-state index is -0.948. The van der Waals surface area contributed by atoms with Gasteiger partial charge in [-0.15, -0.1) is 11.8 Å². The van der Waals surface area contributed by atoms with Crippen molar-refractivity contribution in [3.8, 4) is 0 Å². The predicted octanol–water partition coefficient (Wildman–Crippen LogP) is 4.01. The lowest BCUT2D eigenvalue weighted by molar-refractivity contribution is -0.132. The number of carbonyl (C=O) groups is 1. The van der Waals surface area contributed by atoms with Gasteiger partial charge in [0.2, 0.25) is 0 Å². The molecule has 106 valence electrons. The van der Waals surface area contributed by atoms with Crippen LogP contribution in [0.5, 0.6) is 0 Å². The SMILES string of the molecule is C1=CSCC1.O=C(O)C1=CC=CC=CN1.c1ccsc1. The van der Waals surface area contributed by atoms with Crippen LogP contribution in [0, 0.1) is 0 Å². The molecule has 0 radical (unpaired) electrons. The number of rotatable bonds is 1. The minimum Gasteiger partial charge on any atom is -0.477 e. The zero-order chi connectivity index (χ0) is 14.5. The lowest BCUT2D eigenvalue weighted by Gasteiger charge is -1.96. The Hall–Kier alpha value is -1.72. The van der Waals surface area contributed by atoms with Crippen molar-refractivity contribution in [3.05, 3.63) is 70.6 Å². The molecule has 1 aromatic heterocycles. The maximum absolute atomic E-state index is 10.3. The first kappa shape index (κ1) is 16.3. The predicted molar refractivity (Wildman–Crippen MR) is 87.7 cm³/mol. The van der Waals surface area contributed by atoms with Gasteiger partial charge in [-0.25, -0.2) is 4.79 Å². The average Bonchev–Trinajstić information content (AvgIpc) is 3.13. The van der Waals surface area contributed by atoms with Crippen LogP contribution < -0.4 is 5.32 Å². The molecule has 3 nitrogen and oxygen atoms in total. The fraction of sp³-hybridized carbons (Fsp3) is 0.133. The second kappa shape index (κ2) is 11.1. The normalized spacial score (nSPS) is 14.9. The zero-order valence-electron chi connectivity index (χ0n) is 10.9. The van der Waals surface area contributed by atoms with Gasteiger partial charge >= 0.3 is 5.97 Å². The molecule has 0 amide bonds. The molecule has 0 unspecified atom stereocenters. The number of thiophene rings is 1. The van der Waals surface area contributed by atoms with E-state index in [2.05, 4.69) is 16.8 Å². The van der Waals surface area contributed by atoms with Gasteiger partial charge in [-0.05, 0) is 34.7 Å². The van der Waals surface area contributed by atoms with E-state index in [0.717, 1.165) is 0 Å². The van der Waals surface area contributed by atoms with Gasteiger partial charge < -0.3 is 10.4 Å². The molecule has 0 saturated carbocycles. The van der Waals surface area contributed by atoms with E-state index in [-0.39, 0.29) is 5.70 Å². The number of nitrogens with one attached hydrogen (secondary N) is 1. The number of aliphatic carboxylic acids is 1. The largest absolute Gasteiger partial charge is 0.477 e. The lowest BCUT2D eigenvalue weighted by atomic mass is 10.4. The summed E-state index contributed by atoms with van der Waals surface area (Å²) in [5.74, 6) is 0.358. The Morgan fingerprint density at radius 1 is 1.20 bits per heavy atom. The molecular formula is C15H17NO2S2. The Labute approximate surface area is 127 Å². The Balaban J connectivity index is 0.000000167. The monoisotopic (exact) mass is 307 g/mol. The molecule has 0 saturated heterocycles. The molecular weight excluding hydrogens is 290 g/mol. The molecule has 0 spiro atoms. The highest BCUT2D eigenvalue weighted by molar-refractivity contribution is 8.02. The third-order valence-electron chi connectivity index (χ3n) is 2.07. The van der Waals surface area contributed by atoms with E-state index in [1.165, 1.54) is 18.2 Å². The number of allylic oxidation sites excluding steroid dienone is 5. The first-order chi connectivity index (χ1) is 9.80. The van der Waals surface area contributed by atoms with Gasteiger partial charge in [0.15, 0.2) is 0 Å². The van der Waals surface area contributed by atoms with Gasteiger partial charge in [0.25, 0.3) is 0 Å². The molecule has 0 aromatic carbocycles. The Morgan fingerprint density at radius 3 is 2.45 bits per heavy atom. The number of carboxylic acids is 1. The van der Waals surface area contributed by atoms with Gasteiger partial charge in [0.1, 0.15) is 5.70 Å². The zero-order valence-corrected chi connectivity index (χ0v) is 12.6. The van der Waals surface area contributed by atoms with E-state index in [4.69, 9.17) is 5.11 Å². The number of carboxylic acid groups (broad SMARTS) is 1. The molecule has 1 aromatic rings. The summed E-state index contributed by atoms with van der Waals surface area (Å²) in [6.45, 7) is 0. The van der Waals surface area contributed by atoms with Gasteiger partial charge in [0, 0.05) is 12.0 Å². The quantitative estimate of drug-likeness (QED) is 0.823. The topological polar surface area (TPSA) is 49.3 Å². The highest BCUT2D eigenvalue weighted by Crippen LogP contribution is 2.11. The first-order valence-electron chi connectivity index (χ1n) is 6.08. The summed E-state index contributed by atoms with van der Waals surface area (Å²) in [5, 5.41) is 17.3. The summed E-state index contributed by atoms with van der Waals surface area (Å²) < 4.78 is 0. The van der Waals surface area contributed by atoms with Crippen molar-refractivity contribution in [3.63, 3.8) is 0 Å². The van der Waals surface area contributed by atoms with Gasteiger partial charge in [-0.2, -0.15) is 11.3 Å². The van der Waals surface area contributed by atoms with Crippen molar-refractivity contribution < 1.29 is 9.90 Å². The van der Waals surface area contributed by atoms with Gasteiger partial charge in [0.05, 0.1) is 0 Å². The lowest BCUT2D eigenvalue weighted by Crippen LogP contribution is -2.13. The standard InChI is InChI=1S/C7H7NO2.C4H6S.C4H4S/c9-7(10)6-4-2-1-3-5-8-6;2*1-2-4-5-3-1/h1-5,8H,(H,9,10);1,3H,2,4H2;1-4H. The van der Waals surface area contributed by atoms with Crippen molar-refractivity contribution >= 4 is 29.1 Å². The molecule has 20 heavy (non-hydrogen) atoms. The fourth-order valence-corrected chi connectivity index (χ4v) is 2.29. The molecule has 5 heteroatoms. The van der Waals surface area contributed by atoms with Crippen molar-refractivity contribution in [1.29, 1.82) is 0 Å². The van der Waals surface area contributed by atoms with Crippen LogP contribution in [0.4, 0.5) is 0 Å². The van der Waals surface area contributed by atoms with E-state index in [1.54, 1.807) is 35.8 Å². The van der Waals surface area contributed by atoms with Crippen LogP contribution >= 0.6 is 23.1 Å². The molecule has 0 bridgehead atoms. The maximum atomic E-state index is 10.3. The highest BCUT2D eigenvalue weighted by Gasteiger charge is 2.02. The number of thioether (sulfide) groups is 1. The van der Waals surface area contributed by atoms with E-state index in [9.17, 15) is 4.79 Å². The minimum absolute atomic E-state index is 0.185. The van der Waals surface area contributed by atoms with Crippen LogP contribution in [0.25, 0.3) is 0 Å². The number of hydrogen-bond donors (Lipinski definition) is 2. The second-order valence-corrected chi connectivity index (χ2v) is 5.43. The highest BCUT2D eigenvalue weighted by atomic mass is 32.2. The molecule has 2 aliphatic rings. The summed E-state index contributed by atoms with van der Waals surface area (Å²) in [5.41, 5.74) is 0.185. The van der Waals surface area contributed by atoms with Gasteiger partial charge in [-0.1, -0.05) is 30.4 Å². The molecule has 0 aliphatic carbocycles. The van der Waals surface area contributed by atoms with Crippen LogP contribution in [0.15, 0.2) is 70.6 Å². The summed E-state index contributed by atoms with van der Waals surface area (Å²) in [4.78, 5) is 10.3. The van der Waals surface area contributed by atoms with E-state index in [0.29, 0.717) is 0 Å². The third-order valence-corrected chi connectivity index (χ3v) is 3.56. The molecule has 2 N–H and O–H groups in total. The van der Waals surface area contributed by atoms with Gasteiger partial charge in [-0.3, -0.25) is 0 Å². The van der Waals surface area contributed by atoms with Crippen molar-refractivity contribution in [2.45, 2.75) is 6.42 Å². The molecule has 0 fully saturated rings. The maximum Gasteiger partial charge on any atom is 0.352 e. The average molecular weight is 307 g/mol. The van der Waals surface area contributed by atoms with Crippen LogP contribution in [-0.2, 0) is 4.79 Å². The summed E-state index contributed by atoms with van der Waals surface area (Å²) in [6.07, 6.45) is 11.7. The second-order valence-electron chi connectivity index (χ2n) is 3.60. The Kier molecular flexibility index (Phi) is 9.09. The summed E-state index contributed by atoms with van der Waals surface area (Å²) in [7, 11) is 0. The molecule has 3 heterocycles. The van der Waals surface area contributed by atoms with E-state index >= 15 is 0 Å². The first-order valence-corrected chi connectivity index (χ1v) is 8.07. The van der Waals surface area contributed by atoms with Crippen molar-refractivity contribution in [2.24, 2.45) is 0 Å². The van der Waals surface area contributed by atoms with Crippen LogP contribution in [0.3, 0.4) is 0 Å². The summed E-state index contributed by atoms with van der Waals surface area (Å²) in [6, 6.07) is 4.04. The molecule has 0 atom stereocenters. The molecule has 3 rings (SSSR count). The van der Waals surface area contributed by atoms with Crippen molar-refractivity contribution in [2.75, 3.05) is 5.75 Å².